The van der Waals surface area contributed by atoms with Crippen LogP contribution in [0.3, 0.4) is 0 Å². The Bertz CT molecular complexity index is 1290. The van der Waals surface area contributed by atoms with E-state index < -0.39 is 17.7 Å². The number of halogens is 2. The number of aromatic carboxylic acids is 1. The van der Waals surface area contributed by atoms with Gasteiger partial charge in [-0.2, -0.15) is 0 Å². The number of carbonyl (C=O) groups excluding carboxylic acids is 1. The van der Waals surface area contributed by atoms with Gasteiger partial charge in [-0.3, -0.25) is 4.79 Å². The number of hydrogen-bond acceptors (Lipinski definition) is 5. The van der Waals surface area contributed by atoms with Crippen molar-refractivity contribution in [3.8, 4) is 22.8 Å². The summed E-state index contributed by atoms with van der Waals surface area (Å²) in [5, 5.41) is 11.9. The van der Waals surface area contributed by atoms with Gasteiger partial charge in [0, 0.05) is 5.56 Å². The minimum atomic E-state index is -3.72. The lowest BCUT2D eigenvalue weighted by Gasteiger charge is -2.17. The Morgan fingerprint density at radius 1 is 1.00 bits per heavy atom. The molecule has 9 heteroatoms. The Morgan fingerprint density at radius 2 is 1.70 bits per heavy atom. The molecule has 1 aliphatic heterocycles. The summed E-state index contributed by atoms with van der Waals surface area (Å²) >= 11 is 0. The van der Waals surface area contributed by atoms with E-state index in [1.807, 2.05) is 13.0 Å². The van der Waals surface area contributed by atoms with Crippen molar-refractivity contribution in [1.29, 1.82) is 0 Å². The number of nitrogens with one attached hydrogen (secondary N) is 1. The smallest absolute Gasteiger partial charge is 0.478 e. The normalized spacial score (nSPS) is 16.8. The molecule has 2 aromatic carbocycles. The number of aryl methyl sites for hydroxylation is 1. The van der Waals surface area contributed by atoms with Gasteiger partial charge in [0.25, 0.3) is 0 Å². The molecule has 1 fully saturated rings. The monoisotopic (exact) mass is 452 g/mol. The average molecular weight is 452 g/mol. The van der Waals surface area contributed by atoms with Crippen LogP contribution in [0.25, 0.3) is 11.3 Å². The van der Waals surface area contributed by atoms with Gasteiger partial charge in [0.15, 0.2) is 11.5 Å². The molecule has 1 saturated carbocycles. The van der Waals surface area contributed by atoms with E-state index >= 15 is 0 Å². The standard InChI is InChI=1S/C24H18F2N2O5/c1-13-2-9-19(27-20(13)14-3-5-15(6-4-14)21(29)30)28-22(31)23(10-11-23)16-7-8-17-18(12-16)33-24(25,26)32-17/h2-9,12H,10-11H2,1H3,(H,29,30)(H,27,28,31). The number of nitrogens with zero attached hydrogens (tertiary/aromatic N) is 1. The molecule has 2 aliphatic rings. The van der Waals surface area contributed by atoms with Gasteiger partial charge in [0.2, 0.25) is 5.91 Å². The van der Waals surface area contributed by atoms with Crippen molar-refractivity contribution < 1.29 is 33.0 Å². The fourth-order valence-corrected chi connectivity index (χ4v) is 3.92. The van der Waals surface area contributed by atoms with Gasteiger partial charge < -0.3 is 19.9 Å². The number of fused-ring (bicyclic) bond motifs is 1. The summed E-state index contributed by atoms with van der Waals surface area (Å²) < 4.78 is 35.6. The summed E-state index contributed by atoms with van der Waals surface area (Å²) in [6, 6.07) is 14.2. The van der Waals surface area contributed by atoms with Gasteiger partial charge in [0.05, 0.1) is 16.7 Å². The Balaban J connectivity index is 1.38. The molecule has 1 aliphatic carbocycles. The number of anilines is 1. The number of benzene rings is 2. The van der Waals surface area contributed by atoms with E-state index in [4.69, 9.17) is 5.11 Å². The van der Waals surface area contributed by atoms with E-state index in [0.29, 0.717) is 35.5 Å². The van der Waals surface area contributed by atoms with Crippen LogP contribution in [0.5, 0.6) is 11.5 Å². The zero-order chi connectivity index (χ0) is 23.4. The largest absolute Gasteiger partial charge is 0.586 e. The molecule has 1 amide bonds. The number of pyridine rings is 1. The lowest BCUT2D eigenvalue weighted by atomic mass is 9.94. The molecule has 2 N–H and O–H groups in total. The third-order valence-electron chi connectivity index (χ3n) is 5.88. The summed E-state index contributed by atoms with van der Waals surface area (Å²) in [4.78, 5) is 28.8. The van der Waals surface area contributed by atoms with E-state index in [1.165, 1.54) is 24.3 Å². The summed E-state index contributed by atoms with van der Waals surface area (Å²) in [5.74, 6) is -1.15. The predicted octanol–water partition coefficient (Wildman–Crippen LogP) is 4.75. The molecule has 0 unspecified atom stereocenters. The maximum Gasteiger partial charge on any atom is 0.586 e. The van der Waals surface area contributed by atoms with E-state index in [-0.39, 0.29) is 23.0 Å². The van der Waals surface area contributed by atoms with Crippen LogP contribution in [0.4, 0.5) is 14.6 Å². The molecule has 33 heavy (non-hydrogen) atoms. The number of alkyl halides is 2. The molecule has 2 heterocycles. The van der Waals surface area contributed by atoms with Gasteiger partial charge in [-0.15, -0.1) is 8.78 Å². The second kappa shape index (κ2) is 7.26. The van der Waals surface area contributed by atoms with Gasteiger partial charge in [0.1, 0.15) is 5.82 Å². The third kappa shape index (κ3) is 3.75. The van der Waals surface area contributed by atoms with Crippen LogP contribution >= 0.6 is 0 Å². The van der Waals surface area contributed by atoms with Crippen molar-refractivity contribution >= 4 is 17.7 Å². The number of amides is 1. The first-order valence-corrected chi connectivity index (χ1v) is 10.2. The number of aromatic nitrogens is 1. The molecular formula is C24H18F2N2O5. The molecule has 3 aromatic rings. The molecule has 7 nitrogen and oxygen atoms in total. The highest BCUT2D eigenvalue weighted by atomic mass is 19.3. The lowest BCUT2D eigenvalue weighted by Crippen LogP contribution is -2.28. The number of carbonyl (C=O) groups is 2. The predicted molar refractivity (Wildman–Crippen MR) is 114 cm³/mol. The van der Waals surface area contributed by atoms with Crippen LogP contribution in [0, 0.1) is 6.92 Å². The molecule has 168 valence electrons. The quantitative estimate of drug-likeness (QED) is 0.580. The van der Waals surface area contributed by atoms with Crippen molar-refractivity contribution in [2.24, 2.45) is 0 Å². The number of rotatable bonds is 5. The van der Waals surface area contributed by atoms with E-state index in [2.05, 4.69) is 19.8 Å². The number of hydrogen-bond donors (Lipinski definition) is 2. The molecule has 0 spiro atoms. The maximum atomic E-state index is 13.3. The van der Waals surface area contributed by atoms with Crippen molar-refractivity contribution in [3.63, 3.8) is 0 Å². The van der Waals surface area contributed by atoms with Gasteiger partial charge in [-0.25, -0.2) is 9.78 Å². The fraction of sp³-hybridized carbons (Fsp3) is 0.208. The first kappa shape index (κ1) is 20.9. The number of carboxylic acids is 1. The Hall–Kier alpha value is -4.01. The first-order chi connectivity index (χ1) is 15.7. The Morgan fingerprint density at radius 3 is 2.36 bits per heavy atom. The third-order valence-corrected chi connectivity index (χ3v) is 5.88. The fourth-order valence-electron chi connectivity index (χ4n) is 3.92. The van der Waals surface area contributed by atoms with Crippen LogP contribution < -0.4 is 14.8 Å². The SMILES string of the molecule is Cc1ccc(NC(=O)C2(c3ccc4c(c3)OC(F)(F)O4)CC2)nc1-c1ccc(C(=O)O)cc1. The summed E-state index contributed by atoms with van der Waals surface area (Å²) in [6.45, 7) is 1.86. The summed E-state index contributed by atoms with van der Waals surface area (Å²) in [7, 11) is 0. The van der Waals surface area contributed by atoms with Crippen molar-refractivity contribution in [2.75, 3.05) is 5.32 Å². The van der Waals surface area contributed by atoms with Gasteiger partial charge in [-0.1, -0.05) is 24.3 Å². The van der Waals surface area contributed by atoms with Crippen LogP contribution in [0.15, 0.2) is 54.6 Å². The van der Waals surface area contributed by atoms with Gasteiger partial charge in [-0.05, 0) is 61.2 Å². The Labute approximate surface area is 187 Å². The van der Waals surface area contributed by atoms with Crippen LogP contribution in [0.2, 0.25) is 0 Å². The zero-order valence-corrected chi connectivity index (χ0v) is 17.4. The molecule has 0 bridgehead atoms. The highest BCUT2D eigenvalue weighted by Gasteiger charge is 2.53. The van der Waals surface area contributed by atoms with Crippen molar-refractivity contribution in [3.05, 3.63) is 71.3 Å². The highest BCUT2D eigenvalue weighted by Crippen LogP contribution is 2.52. The lowest BCUT2D eigenvalue weighted by molar-refractivity contribution is -0.286. The first-order valence-electron chi connectivity index (χ1n) is 10.2. The average Bonchev–Trinajstić information content (AvgIpc) is 3.52. The minimum Gasteiger partial charge on any atom is -0.478 e. The summed E-state index contributed by atoms with van der Waals surface area (Å²) in [5.41, 5.74) is 2.06. The van der Waals surface area contributed by atoms with Crippen molar-refractivity contribution in [2.45, 2.75) is 31.5 Å². The van der Waals surface area contributed by atoms with E-state index in [9.17, 15) is 18.4 Å². The molecule has 5 rings (SSSR count). The number of carboxylic acid groups (broad SMARTS) is 1. The van der Waals surface area contributed by atoms with Crippen LogP contribution in [0.1, 0.15) is 34.3 Å². The van der Waals surface area contributed by atoms with Gasteiger partial charge >= 0.3 is 12.3 Å². The van der Waals surface area contributed by atoms with E-state index in [1.54, 1.807) is 24.3 Å². The second-order valence-corrected chi connectivity index (χ2v) is 8.11. The molecule has 1 aromatic heterocycles. The minimum absolute atomic E-state index is 0.0706. The maximum absolute atomic E-state index is 13.3. The number of ether oxygens (including phenoxy) is 2. The molecule has 0 saturated heterocycles. The topological polar surface area (TPSA) is 97.8 Å². The molecule has 0 radical (unpaired) electrons. The molecular weight excluding hydrogens is 434 g/mol. The van der Waals surface area contributed by atoms with Crippen LogP contribution in [-0.4, -0.2) is 28.3 Å². The molecule has 0 atom stereocenters. The van der Waals surface area contributed by atoms with E-state index in [0.717, 1.165) is 5.56 Å². The summed E-state index contributed by atoms with van der Waals surface area (Å²) in [6.07, 6.45) is -2.60. The van der Waals surface area contributed by atoms with Crippen LogP contribution in [-0.2, 0) is 10.2 Å². The second-order valence-electron chi connectivity index (χ2n) is 8.11. The highest BCUT2D eigenvalue weighted by molar-refractivity contribution is 6.01. The van der Waals surface area contributed by atoms with Crippen molar-refractivity contribution in [1.82, 2.24) is 4.98 Å². The Kier molecular flexibility index (Phi) is 4.59. The zero-order valence-electron chi connectivity index (χ0n) is 17.4.